The summed E-state index contributed by atoms with van der Waals surface area (Å²) in [6.45, 7) is 0.577. The van der Waals surface area contributed by atoms with Gasteiger partial charge in [0, 0.05) is 12.5 Å². The van der Waals surface area contributed by atoms with Crippen molar-refractivity contribution in [3.05, 3.63) is 35.4 Å². The first kappa shape index (κ1) is 12.2. The van der Waals surface area contributed by atoms with Gasteiger partial charge in [0.05, 0.1) is 0 Å². The van der Waals surface area contributed by atoms with E-state index in [1.807, 2.05) is 12.1 Å². The number of rotatable bonds is 2. The standard InChI is InChI=1S/C15H17N2O2/c16-14(18)13-12-7-2-1-4-10(12)8-9-17(13)15(19)11-5-3-6-11/h2,4,7,11,13H,3,5-6,8-9H2,(H2,16,18). The first-order valence-electron chi connectivity index (χ1n) is 6.77. The first-order chi connectivity index (χ1) is 9.18. The second kappa shape index (κ2) is 4.68. The van der Waals surface area contributed by atoms with Gasteiger partial charge in [-0.3, -0.25) is 9.59 Å². The summed E-state index contributed by atoms with van der Waals surface area (Å²) in [5.74, 6) is -0.257. The van der Waals surface area contributed by atoms with Crippen LogP contribution in [-0.4, -0.2) is 23.3 Å². The highest BCUT2D eigenvalue weighted by Gasteiger charge is 2.38. The SMILES string of the molecule is NC(=O)C1c2cc[c]cc2CCN1C(=O)C1CCC1. The van der Waals surface area contributed by atoms with Crippen molar-refractivity contribution in [1.82, 2.24) is 4.90 Å². The van der Waals surface area contributed by atoms with Crippen LogP contribution in [0.2, 0.25) is 0 Å². The molecule has 1 radical (unpaired) electrons. The Kier molecular flexibility index (Phi) is 3.01. The zero-order valence-corrected chi connectivity index (χ0v) is 10.8. The number of primary amides is 1. The van der Waals surface area contributed by atoms with Crippen molar-refractivity contribution < 1.29 is 9.59 Å². The van der Waals surface area contributed by atoms with Crippen molar-refractivity contribution in [2.24, 2.45) is 11.7 Å². The lowest BCUT2D eigenvalue weighted by Crippen LogP contribution is -2.48. The lowest BCUT2D eigenvalue weighted by Gasteiger charge is -2.39. The molecule has 2 N–H and O–H groups in total. The smallest absolute Gasteiger partial charge is 0.244 e. The summed E-state index contributed by atoms with van der Waals surface area (Å²) in [6.07, 6.45) is 3.76. The van der Waals surface area contributed by atoms with Crippen molar-refractivity contribution in [2.75, 3.05) is 6.54 Å². The number of nitrogens with zero attached hydrogens (tertiary/aromatic N) is 1. The predicted molar refractivity (Wildman–Crippen MR) is 70.0 cm³/mol. The Morgan fingerprint density at radius 2 is 2.16 bits per heavy atom. The van der Waals surface area contributed by atoms with E-state index in [0.717, 1.165) is 36.8 Å². The molecule has 1 aromatic rings. The fourth-order valence-corrected chi connectivity index (χ4v) is 2.93. The molecule has 1 heterocycles. The average molecular weight is 257 g/mol. The highest BCUT2D eigenvalue weighted by atomic mass is 16.2. The van der Waals surface area contributed by atoms with E-state index in [2.05, 4.69) is 6.07 Å². The van der Waals surface area contributed by atoms with E-state index in [1.165, 1.54) is 0 Å². The molecule has 1 aliphatic carbocycles. The minimum Gasteiger partial charge on any atom is -0.368 e. The molecule has 4 heteroatoms. The van der Waals surface area contributed by atoms with Gasteiger partial charge in [-0.05, 0) is 36.5 Å². The van der Waals surface area contributed by atoms with E-state index in [-0.39, 0.29) is 11.8 Å². The number of benzene rings is 1. The second-order valence-electron chi connectivity index (χ2n) is 5.34. The third-order valence-corrected chi connectivity index (χ3v) is 4.22. The molecule has 1 aliphatic heterocycles. The van der Waals surface area contributed by atoms with E-state index in [4.69, 9.17) is 5.73 Å². The maximum atomic E-state index is 12.4. The summed E-state index contributed by atoms with van der Waals surface area (Å²) in [7, 11) is 0. The summed E-state index contributed by atoms with van der Waals surface area (Å²) in [6, 6.07) is 7.92. The highest BCUT2D eigenvalue weighted by Crippen LogP contribution is 2.35. The van der Waals surface area contributed by atoms with E-state index in [9.17, 15) is 9.59 Å². The fraction of sp³-hybridized carbons (Fsp3) is 0.467. The normalized spacial score (nSPS) is 22.5. The number of fused-ring (bicyclic) bond motifs is 1. The van der Waals surface area contributed by atoms with Crippen molar-refractivity contribution in [3.63, 3.8) is 0 Å². The first-order valence-corrected chi connectivity index (χ1v) is 6.77. The van der Waals surface area contributed by atoms with Gasteiger partial charge in [-0.2, -0.15) is 0 Å². The van der Waals surface area contributed by atoms with E-state index in [0.29, 0.717) is 6.54 Å². The summed E-state index contributed by atoms with van der Waals surface area (Å²) >= 11 is 0. The molecule has 1 atom stereocenters. The Labute approximate surface area is 112 Å². The summed E-state index contributed by atoms with van der Waals surface area (Å²) < 4.78 is 0. The second-order valence-corrected chi connectivity index (χ2v) is 5.34. The number of carbonyl (C=O) groups is 2. The van der Waals surface area contributed by atoms with Gasteiger partial charge >= 0.3 is 0 Å². The monoisotopic (exact) mass is 257 g/mol. The van der Waals surface area contributed by atoms with Gasteiger partial charge in [-0.25, -0.2) is 0 Å². The van der Waals surface area contributed by atoms with E-state index < -0.39 is 11.9 Å². The highest BCUT2D eigenvalue weighted by molar-refractivity contribution is 5.89. The van der Waals surface area contributed by atoms with E-state index >= 15 is 0 Å². The quantitative estimate of drug-likeness (QED) is 0.865. The van der Waals surface area contributed by atoms with Gasteiger partial charge in [0.15, 0.2) is 0 Å². The molecule has 0 bridgehead atoms. The van der Waals surface area contributed by atoms with Crippen molar-refractivity contribution >= 4 is 11.8 Å². The molecule has 2 amide bonds. The Bertz CT molecular complexity index is 523. The Hall–Kier alpha value is -1.84. The van der Waals surface area contributed by atoms with Crippen LogP contribution in [0.25, 0.3) is 0 Å². The number of amides is 2. The van der Waals surface area contributed by atoms with Crippen LogP contribution in [0.4, 0.5) is 0 Å². The molecule has 4 nitrogen and oxygen atoms in total. The van der Waals surface area contributed by atoms with Crippen LogP contribution >= 0.6 is 0 Å². The van der Waals surface area contributed by atoms with Gasteiger partial charge in [-0.15, -0.1) is 0 Å². The zero-order chi connectivity index (χ0) is 13.4. The van der Waals surface area contributed by atoms with Crippen LogP contribution in [0, 0.1) is 12.0 Å². The van der Waals surface area contributed by atoms with Crippen LogP contribution < -0.4 is 5.73 Å². The topological polar surface area (TPSA) is 63.4 Å². The third kappa shape index (κ3) is 2.01. The summed E-state index contributed by atoms with van der Waals surface area (Å²) in [5.41, 5.74) is 7.47. The van der Waals surface area contributed by atoms with Gasteiger partial charge in [0.25, 0.3) is 0 Å². The molecule has 0 spiro atoms. The molecule has 19 heavy (non-hydrogen) atoms. The van der Waals surface area contributed by atoms with Crippen LogP contribution in [0.1, 0.15) is 36.4 Å². The van der Waals surface area contributed by atoms with Crippen LogP contribution in [0.15, 0.2) is 18.2 Å². The maximum absolute atomic E-state index is 12.4. The molecule has 99 valence electrons. The van der Waals surface area contributed by atoms with E-state index in [1.54, 1.807) is 11.0 Å². The van der Waals surface area contributed by atoms with Crippen LogP contribution in [0.3, 0.4) is 0 Å². The Morgan fingerprint density at radius 3 is 2.79 bits per heavy atom. The van der Waals surface area contributed by atoms with Gasteiger partial charge in [-0.1, -0.05) is 24.6 Å². The Morgan fingerprint density at radius 1 is 1.37 bits per heavy atom. The number of hydrogen-bond donors (Lipinski definition) is 1. The fourth-order valence-electron chi connectivity index (χ4n) is 2.93. The lowest BCUT2D eigenvalue weighted by atomic mass is 9.82. The van der Waals surface area contributed by atoms with Crippen molar-refractivity contribution in [3.8, 4) is 0 Å². The minimum atomic E-state index is -0.605. The maximum Gasteiger partial charge on any atom is 0.244 e. The van der Waals surface area contributed by atoms with Gasteiger partial charge in [0.1, 0.15) is 6.04 Å². The molecular weight excluding hydrogens is 240 g/mol. The number of carbonyl (C=O) groups excluding carboxylic acids is 2. The van der Waals surface area contributed by atoms with Gasteiger partial charge < -0.3 is 10.6 Å². The summed E-state index contributed by atoms with van der Waals surface area (Å²) in [4.78, 5) is 25.9. The third-order valence-electron chi connectivity index (χ3n) is 4.22. The zero-order valence-electron chi connectivity index (χ0n) is 10.8. The number of nitrogens with two attached hydrogens (primary N) is 1. The molecule has 0 saturated heterocycles. The molecule has 3 rings (SSSR count). The van der Waals surface area contributed by atoms with Crippen molar-refractivity contribution in [1.29, 1.82) is 0 Å². The predicted octanol–water partition coefficient (Wildman–Crippen LogP) is 1.20. The lowest BCUT2D eigenvalue weighted by molar-refractivity contribution is -0.145. The van der Waals surface area contributed by atoms with Crippen LogP contribution in [0.5, 0.6) is 0 Å². The largest absolute Gasteiger partial charge is 0.368 e. The van der Waals surface area contributed by atoms with Gasteiger partial charge in [0.2, 0.25) is 11.8 Å². The Balaban J connectivity index is 1.93. The molecule has 1 saturated carbocycles. The molecule has 1 unspecified atom stereocenters. The molecule has 1 fully saturated rings. The minimum absolute atomic E-state index is 0.0912. The van der Waals surface area contributed by atoms with Crippen molar-refractivity contribution in [2.45, 2.75) is 31.7 Å². The van der Waals surface area contributed by atoms with Crippen LogP contribution in [-0.2, 0) is 16.0 Å². The molecular formula is C15H17N2O2. The molecule has 0 aromatic heterocycles. The molecule has 1 aromatic carbocycles. The molecule has 2 aliphatic rings. The average Bonchev–Trinajstić information content (AvgIpc) is 2.35. The number of hydrogen-bond acceptors (Lipinski definition) is 2. The summed E-state index contributed by atoms with van der Waals surface area (Å²) in [5, 5.41) is 0.